The number of methoxy groups -OCH3 is 1. The first-order chi connectivity index (χ1) is 15.9. The molecule has 0 spiro atoms. The van der Waals surface area contributed by atoms with Crippen molar-refractivity contribution in [2.75, 3.05) is 31.3 Å². The zero-order valence-corrected chi connectivity index (χ0v) is 20.0. The molecule has 2 aromatic carbocycles. The van der Waals surface area contributed by atoms with Gasteiger partial charge in [-0.05, 0) is 49.9 Å². The fourth-order valence-electron chi connectivity index (χ4n) is 3.56. The number of ether oxygens (including phenoxy) is 2. The van der Waals surface area contributed by atoms with E-state index in [0.717, 1.165) is 12.8 Å². The molecule has 33 heavy (non-hydrogen) atoms. The predicted octanol–water partition coefficient (Wildman–Crippen LogP) is 4.23. The molecular formula is C25H30N2O5S. The quantitative estimate of drug-likeness (QED) is 0.459. The molecule has 3 rings (SSSR count). The number of amides is 2. The van der Waals surface area contributed by atoms with E-state index in [1.807, 2.05) is 0 Å². The molecule has 7 nitrogen and oxygen atoms in total. The van der Waals surface area contributed by atoms with Gasteiger partial charge in [0.25, 0.3) is 5.91 Å². The first-order valence-corrected chi connectivity index (χ1v) is 12.0. The second-order valence-corrected chi connectivity index (χ2v) is 9.14. The molecule has 0 aliphatic carbocycles. The molecule has 2 aromatic rings. The minimum atomic E-state index is -0.861. The van der Waals surface area contributed by atoms with Crippen LogP contribution in [0.5, 0.6) is 5.75 Å². The Hall–Kier alpha value is -3.00. The first kappa shape index (κ1) is 24.6. The molecule has 1 N–H and O–H groups in total. The van der Waals surface area contributed by atoms with Crippen LogP contribution in [0.3, 0.4) is 0 Å². The maximum absolute atomic E-state index is 12.8. The highest BCUT2D eigenvalue weighted by molar-refractivity contribution is 8.00. The number of nitrogens with zero attached hydrogens (tertiary/aromatic N) is 1. The summed E-state index contributed by atoms with van der Waals surface area (Å²) in [5, 5.41) is 2.82. The Bertz CT molecular complexity index is 988. The second-order valence-electron chi connectivity index (χ2n) is 8.12. The SMILES string of the molecule is COc1cccc(NC(=O)CSc2ccccc2C(=O)O[C@H](C)C(=O)N2CCC(C)CC2)c1. The molecule has 0 bridgehead atoms. The van der Waals surface area contributed by atoms with Gasteiger partial charge in [0, 0.05) is 29.7 Å². The van der Waals surface area contributed by atoms with Gasteiger partial charge in [0.05, 0.1) is 18.4 Å². The van der Waals surface area contributed by atoms with Crippen LogP contribution in [0.25, 0.3) is 0 Å². The summed E-state index contributed by atoms with van der Waals surface area (Å²) in [6.45, 7) is 5.17. The summed E-state index contributed by atoms with van der Waals surface area (Å²) in [5.74, 6) is 0.421. The molecule has 1 fully saturated rings. The Kier molecular flexibility index (Phi) is 8.77. The molecule has 1 aliphatic heterocycles. The summed E-state index contributed by atoms with van der Waals surface area (Å²) >= 11 is 1.24. The molecule has 1 saturated heterocycles. The largest absolute Gasteiger partial charge is 0.497 e. The smallest absolute Gasteiger partial charge is 0.340 e. The topological polar surface area (TPSA) is 84.9 Å². The van der Waals surface area contributed by atoms with E-state index in [1.165, 1.54) is 11.8 Å². The third-order valence-corrected chi connectivity index (χ3v) is 6.62. The van der Waals surface area contributed by atoms with Gasteiger partial charge in [-0.15, -0.1) is 11.8 Å². The Morgan fingerprint density at radius 1 is 1.12 bits per heavy atom. The van der Waals surface area contributed by atoms with E-state index in [0.29, 0.717) is 40.9 Å². The van der Waals surface area contributed by atoms with Crippen LogP contribution < -0.4 is 10.1 Å². The van der Waals surface area contributed by atoms with Gasteiger partial charge in [0.1, 0.15) is 5.75 Å². The fourth-order valence-corrected chi connectivity index (χ4v) is 4.40. The van der Waals surface area contributed by atoms with Gasteiger partial charge in [-0.25, -0.2) is 4.79 Å². The van der Waals surface area contributed by atoms with Crippen LogP contribution in [-0.2, 0) is 14.3 Å². The van der Waals surface area contributed by atoms with Crippen LogP contribution in [0.15, 0.2) is 53.4 Å². The van der Waals surface area contributed by atoms with Crippen LogP contribution in [0.4, 0.5) is 5.69 Å². The molecule has 1 heterocycles. The van der Waals surface area contributed by atoms with Crippen LogP contribution in [0.2, 0.25) is 0 Å². The Balaban J connectivity index is 1.57. The number of carbonyl (C=O) groups is 3. The van der Waals surface area contributed by atoms with Crippen molar-refractivity contribution in [3.63, 3.8) is 0 Å². The highest BCUT2D eigenvalue weighted by Gasteiger charge is 2.27. The number of benzene rings is 2. The standard InChI is InChI=1S/C25H30N2O5S/c1-17-11-13-27(14-12-17)24(29)18(2)32-25(30)21-9-4-5-10-22(21)33-16-23(28)26-19-7-6-8-20(15-19)31-3/h4-10,15,17-18H,11-14,16H2,1-3H3,(H,26,28)/t18-/m1/s1. The lowest BCUT2D eigenvalue weighted by molar-refractivity contribution is -0.141. The maximum atomic E-state index is 12.8. The summed E-state index contributed by atoms with van der Waals surface area (Å²) in [7, 11) is 1.56. The number of likely N-dealkylation sites (tertiary alicyclic amines) is 1. The molecule has 2 amide bonds. The number of esters is 1. The van der Waals surface area contributed by atoms with Crippen molar-refractivity contribution < 1.29 is 23.9 Å². The summed E-state index contributed by atoms with van der Waals surface area (Å²) < 4.78 is 10.7. The number of carbonyl (C=O) groups excluding carboxylic acids is 3. The van der Waals surface area contributed by atoms with E-state index in [4.69, 9.17) is 9.47 Å². The van der Waals surface area contributed by atoms with Gasteiger partial charge in [-0.1, -0.05) is 25.1 Å². The normalized spacial score (nSPS) is 14.9. The zero-order chi connectivity index (χ0) is 23.8. The van der Waals surface area contributed by atoms with E-state index < -0.39 is 12.1 Å². The van der Waals surface area contributed by atoms with Crippen molar-refractivity contribution in [1.82, 2.24) is 4.90 Å². The van der Waals surface area contributed by atoms with Crippen molar-refractivity contribution in [2.24, 2.45) is 5.92 Å². The summed E-state index contributed by atoms with van der Waals surface area (Å²) in [6, 6.07) is 14.0. The molecular weight excluding hydrogens is 440 g/mol. The van der Waals surface area contributed by atoms with Gasteiger partial charge in [-0.3, -0.25) is 9.59 Å². The minimum Gasteiger partial charge on any atom is -0.497 e. The third kappa shape index (κ3) is 6.99. The fraction of sp³-hybridized carbons (Fsp3) is 0.400. The van der Waals surface area contributed by atoms with Crippen molar-refractivity contribution in [2.45, 2.75) is 37.7 Å². The summed E-state index contributed by atoms with van der Waals surface area (Å²) in [6.07, 6.45) is 1.06. The number of thioether (sulfide) groups is 1. The molecule has 8 heteroatoms. The summed E-state index contributed by atoms with van der Waals surface area (Å²) in [4.78, 5) is 40.3. The van der Waals surface area contributed by atoms with Crippen LogP contribution in [0.1, 0.15) is 37.0 Å². The Labute approximate surface area is 198 Å². The van der Waals surface area contributed by atoms with Gasteiger partial charge < -0.3 is 19.7 Å². The number of anilines is 1. The number of piperidine rings is 1. The lowest BCUT2D eigenvalue weighted by atomic mass is 9.99. The second kappa shape index (κ2) is 11.7. The van der Waals surface area contributed by atoms with Crippen molar-refractivity contribution >= 4 is 35.2 Å². The van der Waals surface area contributed by atoms with Crippen molar-refractivity contribution in [3.05, 3.63) is 54.1 Å². The number of hydrogen-bond donors (Lipinski definition) is 1. The van der Waals surface area contributed by atoms with Gasteiger partial charge in [0.2, 0.25) is 5.91 Å². The van der Waals surface area contributed by atoms with E-state index >= 15 is 0 Å². The van der Waals surface area contributed by atoms with Gasteiger partial charge >= 0.3 is 5.97 Å². The van der Waals surface area contributed by atoms with Crippen molar-refractivity contribution in [1.29, 1.82) is 0 Å². The Morgan fingerprint density at radius 2 is 1.85 bits per heavy atom. The molecule has 0 saturated carbocycles. The molecule has 0 radical (unpaired) electrons. The number of hydrogen-bond acceptors (Lipinski definition) is 6. The molecule has 1 aliphatic rings. The van der Waals surface area contributed by atoms with E-state index in [2.05, 4.69) is 12.2 Å². The van der Waals surface area contributed by atoms with E-state index in [-0.39, 0.29) is 17.6 Å². The Morgan fingerprint density at radius 3 is 2.58 bits per heavy atom. The lowest BCUT2D eigenvalue weighted by Gasteiger charge is -2.31. The number of rotatable bonds is 8. The highest BCUT2D eigenvalue weighted by atomic mass is 32.2. The maximum Gasteiger partial charge on any atom is 0.340 e. The zero-order valence-electron chi connectivity index (χ0n) is 19.2. The molecule has 0 unspecified atom stereocenters. The van der Waals surface area contributed by atoms with Crippen LogP contribution in [-0.4, -0.2) is 54.7 Å². The van der Waals surface area contributed by atoms with E-state index in [9.17, 15) is 14.4 Å². The monoisotopic (exact) mass is 470 g/mol. The molecule has 1 atom stereocenters. The average Bonchev–Trinajstić information content (AvgIpc) is 2.83. The molecule has 176 valence electrons. The van der Waals surface area contributed by atoms with Crippen molar-refractivity contribution in [3.8, 4) is 5.75 Å². The highest BCUT2D eigenvalue weighted by Crippen LogP contribution is 2.25. The predicted molar refractivity (Wildman–Crippen MR) is 129 cm³/mol. The van der Waals surface area contributed by atoms with E-state index in [1.54, 1.807) is 67.5 Å². The lowest BCUT2D eigenvalue weighted by Crippen LogP contribution is -2.44. The van der Waals surface area contributed by atoms with Crippen LogP contribution in [0, 0.1) is 5.92 Å². The average molecular weight is 471 g/mol. The minimum absolute atomic E-state index is 0.113. The molecule has 0 aromatic heterocycles. The number of nitrogens with one attached hydrogen (secondary N) is 1. The third-order valence-electron chi connectivity index (χ3n) is 5.55. The first-order valence-electron chi connectivity index (χ1n) is 11.0. The van der Waals surface area contributed by atoms with Gasteiger partial charge in [-0.2, -0.15) is 0 Å². The summed E-state index contributed by atoms with van der Waals surface area (Å²) in [5.41, 5.74) is 0.968. The van der Waals surface area contributed by atoms with Gasteiger partial charge in [0.15, 0.2) is 6.10 Å². The van der Waals surface area contributed by atoms with Crippen LogP contribution >= 0.6 is 11.8 Å².